The van der Waals surface area contributed by atoms with Gasteiger partial charge in [0.25, 0.3) is 0 Å². The summed E-state index contributed by atoms with van der Waals surface area (Å²) in [5, 5.41) is 11.6. The minimum atomic E-state index is -0.700. The van der Waals surface area contributed by atoms with Gasteiger partial charge in [0.1, 0.15) is 11.4 Å². The number of aliphatic hydroxyl groups is 1. The summed E-state index contributed by atoms with van der Waals surface area (Å²) in [7, 11) is 1.66. The van der Waals surface area contributed by atoms with Crippen molar-refractivity contribution >= 4 is 22.0 Å². The van der Waals surface area contributed by atoms with Crippen LogP contribution in [0.15, 0.2) is 22.7 Å². The third kappa shape index (κ3) is 6.36. The number of benzene rings is 1. The average Bonchev–Trinajstić information content (AvgIpc) is 2.71. The third-order valence-corrected chi connectivity index (χ3v) is 7.03. The van der Waals surface area contributed by atoms with Gasteiger partial charge in [-0.2, -0.15) is 0 Å². The molecule has 1 N–H and O–H groups in total. The minimum Gasteiger partial charge on any atom is -0.496 e. The fourth-order valence-corrected chi connectivity index (χ4v) is 5.25. The van der Waals surface area contributed by atoms with Crippen molar-refractivity contribution in [3.63, 3.8) is 0 Å². The lowest BCUT2D eigenvalue weighted by Gasteiger charge is -2.43. The molecule has 2 aliphatic rings. The minimum absolute atomic E-state index is 0.0167. The van der Waals surface area contributed by atoms with Gasteiger partial charge in [0.15, 0.2) is 0 Å². The Kier molecular flexibility index (Phi) is 7.92. The molecule has 0 aromatic heterocycles. The number of nitrogens with zero attached hydrogens (tertiary/aromatic N) is 2. The molecular formula is C24H37BrN2O4. The second-order valence-electron chi connectivity index (χ2n) is 9.88. The lowest BCUT2D eigenvalue weighted by molar-refractivity contribution is -0.0357. The van der Waals surface area contributed by atoms with E-state index in [0.717, 1.165) is 61.1 Å². The number of hydrogen-bond acceptors (Lipinski definition) is 5. The fourth-order valence-electron chi connectivity index (χ4n) is 4.70. The Morgan fingerprint density at radius 2 is 1.81 bits per heavy atom. The highest BCUT2D eigenvalue weighted by Gasteiger charge is 2.40. The first-order valence-corrected chi connectivity index (χ1v) is 12.2. The Morgan fingerprint density at radius 3 is 2.35 bits per heavy atom. The lowest BCUT2D eigenvalue weighted by atomic mass is 9.72. The molecule has 1 saturated carbocycles. The van der Waals surface area contributed by atoms with Crippen LogP contribution in [0.25, 0.3) is 0 Å². The Labute approximate surface area is 195 Å². The van der Waals surface area contributed by atoms with E-state index in [2.05, 4.69) is 33.0 Å². The van der Waals surface area contributed by atoms with Crippen LogP contribution in [0.5, 0.6) is 5.75 Å². The highest BCUT2D eigenvalue weighted by molar-refractivity contribution is 9.10. The second kappa shape index (κ2) is 10.1. The van der Waals surface area contributed by atoms with Crippen LogP contribution in [0.4, 0.5) is 4.79 Å². The molecule has 0 bridgehead atoms. The first kappa shape index (κ1) is 24.3. The molecule has 1 atom stereocenters. The Bertz CT molecular complexity index is 750. The van der Waals surface area contributed by atoms with Crippen molar-refractivity contribution in [2.24, 2.45) is 0 Å². The van der Waals surface area contributed by atoms with E-state index in [1.807, 2.05) is 26.8 Å². The van der Waals surface area contributed by atoms with Crippen molar-refractivity contribution in [3.8, 4) is 5.75 Å². The van der Waals surface area contributed by atoms with Crippen LogP contribution < -0.4 is 4.74 Å². The molecule has 1 aliphatic heterocycles. The van der Waals surface area contributed by atoms with E-state index in [0.29, 0.717) is 13.1 Å². The molecule has 7 heteroatoms. The topological polar surface area (TPSA) is 62.2 Å². The quantitative estimate of drug-likeness (QED) is 0.634. The van der Waals surface area contributed by atoms with Crippen LogP contribution in [0.3, 0.4) is 0 Å². The Hall–Kier alpha value is -1.31. The molecule has 1 aliphatic carbocycles. The summed E-state index contributed by atoms with van der Waals surface area (Å²) in [4.78, 5) is 16.5. The molecule has 2 fully saturated rings. The maximum atomic E-state index is 12.4. The number of methoxy groups -OCH3 is 1. The van der Waals surface area contributed by atoms with E-state index in [-0.39, 0.29) is 12.0 Å². The van der Waals surface area contributed by atoms with Crippen molar-refractivity contribution in [2.75, 3.05) is 39.8 Å². The number of halogens is 1. The number of piperazine rings is 1. The molecule has 31 heavy (non-hydrogen) atoms. The maximum Gasteiger partial charge on any atom is 0.410 e. The fraction of sp³-hybridized carbons (Fsp3) is 0.708. The third-order valence-electron chi connectivity index (χ3n) is 6.41. The lowest BCUT2D eigenvalue weighted by Crippen LogP contribution is -2.52. The zero-order valence-electron chi connectivity index (χ0n) is 19.3. The summed E-state index contributed by atoms with van der Waals surface area (Å²) in [5.74, 6) is 0.812. The van der Waals surface area contributed by atoms with Crippen LogP contribution in [0.2, 0.25) is 0 Å². The molecule has 1 aromatic carbocycles. The highest BCUT2D eigenvalue weighted by Crippen LogP contribution is 2.42. The largest absolute Gasteiger partial charge is 0.496 e. The summed E-state index contributed by atoms with van der Waals surface area (Å²) in [6.45, 7) is 9.30. The van der Waals surface area contributed by atoms with E-state index in [1.165, 1.54) is 6.42 Å². The smallest absolute Gasteiger partial charge is 0.410 e. The van der Waals surface area contributed by atoms with Crippen LogP contribution in [0, 0.1) is 0 Å². The molecule has 174 valence electrons. The van der Waals surface area contributed by atoms with Crippen molar-refractivity contribution in [1.29, 1.82) is 0 Å². The molecule has 1 unspecified atom stereocenters. The SMILES string of the molecule is COc1ccc(C(CN2CCN(C(=O)OC(C)(C)C)CC2)C2(O)CCCCC2)cc1Br. The van der Waals surface area contributed by atoms with E-state index in [4.69, 9.17) is 9.47 Å². The van der Waals surface area contributed by atoms with Gasteiger partial charge in [-0.25, -0.2) is 4.79 Å². The Morgan fingerprint density at radius 1 is 1.16 bits per heavy atom. The number of hydrogen-bond donors (Lipinski definition) is 1. The summed E-state index contributed by atoms with van der Waals surface area (Å²) >= 11 is 3.61. The van der Waals surface area contributed by atoms with Crippen molar-refractivity contribution in [2.45, 2.75) is 70.0 Å². The first-order chi connectivity index (χ1) is 14.6. The van der Waals surface area contributed by atoms with E-state index in [9.17, 15) is 9.90 Å². The predicted molar refractivity (Wildman–Crippen MR) is 126 cm³/mol. The van der Waals surface area contributed by atoms with Gasteiger partial charge >= 0.3 is 6.09 Å². The number of carbonyl (C=O) groups is 1. The average molecular weight is 497 g/mol. The van der Waals surface area contributed by atoms with E-state index < -0.39 is 11.2 Å². The molecule has 1 amide bonds. The molecule has 1 aromatic rings. The number of rotatable bonds is 5. The molecule has 3 rings (SSSR count). The zero-order chi connectivity index (χ0) is 22.6. The normalized spacial score (nSPS) is 20.9. The van der Waals surface area contributed by atoms with Gasteiger partial charge in [0.2, 0.25) is 0 Å². The van der Waals surface area contributed by atoms with Crippen LogP contribution in [0.1, 0.15) is 64.4 Å². The standard InChI is InChI=1S/C24H37BrN2O4/c1-23(2,3)31-22(28)27-14-12-26(13-15-27)17-19(24(29)10-6-5-7-11-24)18-8-9-21(30-4)20(25)16-18/h8-9,16,19,29H,5-7,10-15,17H2,1-4H3. The number of amides is 1. The van der Waals surface area contributed by atoms with Gasteiger partial charge < -0.3 is 19.5 Å². The van der Waals surface area contributed by atoms with Gasteiger partial charge in [-0.3, -0.25) is 4.90 Å². The molecule has 0 radical (unpaired) electrons. The van der Waals surface area contributed by atoms with Crippen LogP contribution in [-0.2, 0) is 4.74 Å². The monoisotopic (exact) mass is 496 g/mol. The molecule has 6 nitrogen and oxygen atoms in total. The van der Waals surface area contributed by atoms with E-state index in [1.54, 1.807) is 12.0 Å². The van der Waals surface area contributed by atoms with Crippen LogP contribution in [-0.4, -0.2) is 72.0 Å². The van der Waals surface area contributed by atoms with E-state index >= 15 is 0 Å². The van der Waals surface area contributed by atoms with Gasteiger partial charge in [0.05, 0.1) is 17.2 Å². The highest BCUT2D eigenvalue weighted by atomic mass is 79.9. The molecule has 1 heterocycles. The molecular weight excluding hydrogens is 460 g/mol. The first-order valence-electron chi connectivity index (χ1n) is 11.4. The maximum absolute atomic E-state index is 12.4. The summed E-state index contributed by atoms with van der Waals surface area (Å²) in [6, 6.07) is 6.14. The predicted octanol–water partition coefficient (Wildman–Crippen LogP) is 4.79. The second-order valence-corrected chi connectivity index (χ2v) is 10.7. The summed E-state index contributed by atoms with van der Waals surface area (Å²) < 4.78 is 11.8. The van der Waals surface area contributed by atoms with Gasteiger partial charge in [-0.15, -0.1) is 0 Å². The zero-order valence-corrected chi connectivity index (χ0v) is 20.9. The van der Waals surface area contributed by atoms with Crippen LogP contribution >= 0.6 is 15.9 Å². The van der Waals surface area contributed by atoms with Crippen molar-refractivity contribution < 1.29 is 19.4 Å². The van der Waals surface area contributed by atoms with Gasteiger partial charge in [-0.1, -0.05) is 25.3 Å². The summed E-state index contributed by atoms with van der Waals surface area (Å²) in [6.07, 6.45) is 4.75. The van der Waals surface area contributed by atoms with Crippen molar-refractivity contribution in [1.82, 2.24) is 9.80 Å². The molecule has 0 spiro atoms. The Balaban J connectivity index is 1.71. The van der Waals surface area contributed by atoms with Crippen molar-refractivity contribution in [3.05, 3.63) is 28.2 Å². The summed E-state index contributed by atoms with van der Waals surface area (Å²) in [5.41, 5.74) is -0.0495. The molecule has 1 saturated heterocycles. The van der Waals surface area contributed by atoms with Gasteiger partial charge in [-0.05, 0) is 67.2 Å². The number of carbonyl (C=O) groups excluding carboxylic acids is 1. The number of ether oxygens (including phenoxy) is 2. The van der Waals surface area contributed by atoms with Gasteiger partial charge in [0, 0.05) is 38.6 Å².